The highest BCUT2D eigenvalue weighted by atomic mass is 15.3. The highest BCUT2D eigenvalue weighted by molar-refractivity contribution is 5.35. The summed E-state index contributed by atoms with van der Waals surface area (Å²) in [6, 6.07) is 1.96. The maximum absolute atomic E-state index is 5.68. The second kappa shape index (κ2) is 5.22. The van der Waals surface area contributed by atoms with E-state index in [4.69, 9.17) is 5.73 Å². The zero-order chi connectivity index (χ0) is 13.2. The van der Waals surface area contributed by atoms with Crippen molar-refractivity contribution < 1.29 is 0 Å². The van der Waals surface area contributed by atoms with Crippen molar-refractivity contribution in [2.45, 2.75) is 46.6 Å². The van der Waals surface area contributed by atoms with Crippen molar-refractivity contribution in [2.24, 2.45) is 11.1 Å². The Morgan fingerprint density at radius 3 is 2.61 bits per heavy atom. The van der Waals surface area contributed by atoms with E-state index >= 15 is 0 Å². The van der Waals surface area contributed by atoms with Gasteiger partial charge in [0, 0.05) is 25.3 Å². The van der Waals surface area contributed by atoms with E-state index in [1.54, 1.807) is 0 Å². The molecule has 18 heavy (non-hydrogen) atoms. The Morgan fingerprint density at radius 1 is 1.33 bits per heavy atom. The van der Waals surface area contributed by atoms with Crippen molar-refractivity contribution in [3.05, 3.63) is 17.5 Å². The lowest BCUT2D eigenvalue weighted by atomic mass is 9.82. The molecule has 1 aromatic rings. The van der Waals surface area contributed by atoms with Crippen LogP contribution in [0.3, 0.4) is 0 Å². The lowest BCUT2D eigenvalue weighted by molar-refractivity contribution is 0.301. The molecule has 2 N–H and O–H groups in total. The molecule has 0 aliphatic carbocycles. The summed E-state index contributed by atoms with van der Waals surface area (Å²) in [4.78, 5) is 11.4. The van der Waals surface area contributed by atoms with Gasteiger partial charge in [-0.15, -0.1) is 0 Å². The molecule has 2 heterocycles. The van der Waals surface area contributed by atoms with Gasteiger partial charge in [0.1, 0.15) is 0 Å². The van der Waals surface area contributed by atoms with Crippen LogP contribution in [0.4, 0.5) is 5.95 Å². The number of hydrogen-bond donors (Lipinski definition) is 1. The first-order valence-electron chi connectivity index (χ1n) is 6.92. The number of nitrogens with two attached hydrogens (primary N) is 1. The molecule has 2 rings (SSSR count). The molecular formula is C14H24N4. The van der Waals surface area contributed by atoms with Gasteiger partial charge in [0.2, 0.25) is 5.95 Å². The van der Waals surface area contributed by atoms with Gasteiger partial charge in [0.25, 0.3) is 0 Å². The molecule has 4 nitrogen and oxygen atoms in total. The third-order valence-electron chi connectivity index (χ3n) is 4.33. The van der Waals surface area contributed by atoms with Crippen LogP contribution in [-0.2, 0) is 6.54 Å². The third kappa shape index (κ3) is 2.48. The van der Waals surface area contributed by atoms with E-state index in [0.29, 0.717) is 12.0 Å². The van der Waals surface area contributed by atoms with Gasteiger partial charge >= 0.3 is 0 Å². The number of nitrogens with zero attached hydrogens (tertiary/aromatic N) is 3. The summed E-state index contributed by atoms with van der Waals surface area (Å²) in [6.07, 6.45) is 3.71. The molecule has 0 amide bonds. The molecule has 1 aliphatic heterocycles. The molecule has 1 saturated heterocycles. The van der Waals surface area contributed by atoms with Crippen LogP contribution >= 0.6 is 0 Å². The standard InChI is InChI=1S/C14H24N4/c1-4-14(5-2)6-7-18(10-14)13-16-11(3)8-12(9-15)17-13/h8H,4-7,9-10,15H2,1-3H3. The Morgan fingerprint density at radius 2 is 2.06 bits per heavy atom. The second-order valence-electron chi connectivity index (χ2n) is 5.38. The number of anilines is 1. The predicted octanol–water partition coefficient (Wildman–Crippen LogP) is 2.26. The number of hydrogen-bond acceptors (Lipinski definition) is 4. The summed E-state index contributed by atoms with van der Waals surface area (Å²) in [6.45, 7) is 9.21. The lowest BCUT2D eigenvalue weighted by Crippen LogP contribution is -2.28. The fourth-order valence-corrected chi connectivity index (χ4v) is 2.80. The second-order valence-corrected chi connectivity index (χ2v) is 5.38. The average Bonchev–Trinajstić information content (AvgIpc) is 2.83. The van der Waals surface area contributed by atoms with E-state index in [-0.39, 0.29) is 0 Å². The molecule has 1 aliphatic rings. The van der Waals surface area contributed by atoms with Crippen molar-refractivity contribution in [2.75, 3.05) is 18.0 Å². The number of aromatic nitrogens is 2. The fourth-order valence-electron chi connectivity index (χ4n) is 2.80. The number of rotatable bonds is 4. The highest BCUT2D eigenvalue weighted by Gasteiger charge is 2.36. The first-order valence-corrected chi connectivity index (χ1v) is 6.92. The average molecular weight is 248 g/mol. The van der Waals surface area contributed by atoms with Crippen molar-refractivity contribution in [1.82, 2.24) is 9.97 Å². The molecular weight excluding hydrogens is 224 g/mol. The molecule has 100 valence electrons. The van der Waals surface area contributed by atoms with Gasteiger partial charge < -0.3 is 10.6 Å². The molecule has 0 unspecified atom stereocenters. The van der Waals surface area contributed by atoms with E-state index in [0.717, 1.165) is 30.4 Å². The molecule has 0 bridgehead atoms. The van der Waals surface area contributed by atoms with Crippen molar-refractivity contribution >= 4 is 5.95 Å². The predicted molar refractivity (Wildman–Crippen MR) is 74.5 cm³/mol. The van der Waals surface area contributed by atoms with Crippen LogP contribution in [0.2, 0.25) is 0 Å². The minimum atomic E-state index is 0.454. The van der Waals surface area contributed by atoms with E-state index in [2.05, 4.69) is 28.7 Å². The smallest absolute Gasteiger partial charge is 0.225 e. The topological polar surface area (TPSA) is 55.0 Å². The Labute approximate surface area is 110 Å². The summed E-state index contributed by atoms with van der Waals surface area (Å²) >= 11 is 0. The van der Waals surface area contributed by atoms with E-state index in [1.165, 1.54) is 19.3 Å². The molecule has 4 heteroatoms. The fraction of sp³-hybridized carbons (Fsp3) is 0.714. The van der Waals surface area contributed by atoms with Gasteiger partial charge in [0.15, 0.2) is 0 Å². The van der Waals surface area contributed by atoms with Crippen LogP contribution < -0.4 is 10.6 Å². The van der Waals surface area contributed by atoms with Crippen LogP contribution in [0.15, 0.2) is 6.07 Å². The summed E-state index contributed by atoms with van der Waals surface area (Å²) < 4.78 is 0. The Kier molecular flexibility index (Phi) is 3.85. The van der Waals surface area contributed by atoms with Gasteiger partial charge in [-0.1, -0.05) is 13.8 Å². The zero-order valence-corrected chi connectivity index (χ0v) is 11.7. The molecule has 0 spiro atoms. The van der Waals surface area contributed by atoms with Crippen LogP contribution in [0.5, 0.6) is 0 Å². The first kappa shape index (κ1) is 13.3. The largest absolute Gasteiger partial charge is 0.340 e. The molecule has 0 radical (unpaired) electrons. The first-order chi connectivity index (χ1) is 8.62. The monoisotopic (exact) mass is 248 g/mol. The zero-order valence-electron chi connectivity index (χ0n) is 11.7. The van der Waals surface area contributed by atoms with Gasteiger partial charge in [-0.2, -0.15) is 0 Å². The molecule has 0 saturated carbocycles. The maximum atomic E-state index is 5.68. The maximum Gasteiger partial charge on any atom is 0.225 e. The van der Waals surface area contributed by atoms with Crippen LogP contribution in [0.1, 0.15) is 44.5 Å². The van der Waals surface area contributed by atoms with Gasteiger partial charge in [-0.3, -0.25) is 0 Å². The third-order valence-corrected chi connectivity index (χ3v) is 4.33. The van der Waals surface area contributed by atoms with Crippen LogP contribution in [-0.4, -0.2) is 23.1 Å². The van der Waals surface area contributed by atoms with Crippen molar-refractivity contribution in [3.8, 4) is 0 Å². The Bertz CT molecular complexity index is 412. The van der Waals surface area contributed by atoms with Crippen LogP contribution in [0.25, 0.3) is 0 Å². The highest BCUT2D eigenvalue weighted by Crippen LogP contribution is 2.38. The van der Waals surface area contributed by atoms with E-state index in [9.17, 15) is 0 Å². The Balaban J connectivity index is 2.21. The quantitative estimate of drug-likeness (QED) is 0.888. The van der Waals surface area contributed by atoms with E-state index < -0.39 is 0 Å². The minimum absolute atomic E-state index is 0.454. The van der Waals surface area contributed by atoms with Gasteiger partial charge in [-0.05, 0) is 37.7 Å². The summed E-state index contributed by atoms with van der Waals surface area (Å²) in [5.41, 5.74) is 8.08. The molecule has 1 fully saturated rings. The SMILES string of the molecule is CCC1(CC)CCN(c2nc(C)cc(CN)n2)C1. The van der Waals surface area contributed by atoms with E-state index in [1.807, 2.05) is 13.0 Å². The van der Waals surface area contributed by atoms with Crippen molar-refractivity contribution in [3.63, 3.8) is 0 Å². The molecule has 1 aromatic heterocycles. The van der Waals surface area contributed by atoms with Gasteiger partial charge in [-0.25, -0.2) is 9.97 Å². The van der Waals surface area contributed by atoms with Crippen molar-refractivity contribution in [1.29, 1.82) is 0 Å². The summed E-state index contributed by atoms with van der Waals surface area (Å²) in [5, 5.41) is 0. The summed E-state index contributed by atoms with van der Waals surface area (Å²) in [5.74, 6) is 0.860. The normalized spacial score (nSPS) is 18.3. The summed E-state index contributed by atoms with van der Waals surface area (Å²) in [7, 11) is 0. The number of aryl methyl sites for hydroxylation is 1. The molecule has 0 aromatic carbocycles. The minimum Gasteiger partial charge on any atom is -0.340 e. The lowest BCUT2D eigenvalue weighted by Gasteiger charge is -2.26. The van der Waals surface area contributed by atoms with Gasteiger partial charge in [0.05, 0.1) is 5.69 Å². The molecule has 0 atom stereocenters. The Hall–Kier alpha value is -1.16. The van der Waals surface area contributed by atoms with Crippen LogP contribution in [0, 0.1) is 12.3 Å².